The standard InChI is InChI=1S/C21H25N3O3/c1-24-13-3-4-16(24)11-12-23-21(27)18-6-2-5-17(19(18)25)14-7-9-15(10-8-14)20(22)26/h2,5-10,16,25H,3-4,11-13H2,1H3,(H2,22,26)(H,23,27). The van der Waals surface area contributed by atoms with E-state index < -0.39 is 5.91 Å². The molecule has 0 saturated carbocycles. The number of benzene rings is 2. The van der Waals surface area contributed by atoms with E-state index in [9.17, 15) is 14.7 Å². The molecule has 0 spiro atoms. The number of rotatable bonds is 6. The number of likely N-dealkylation sites (tertiary alicyclic amines) is 1. The highest BCUT2D eigenvalue weighted by Crippen LogP contribution is 2.32. The number of carbonyl (C=O) groups is 2. The Labute approximate surface area is 159 Å². The number of nitrogens with one attached hydrogen (secondary N) is 1. The maximum absolute atomic E-state index is 12.5. The fourth-order valence-corrected chi connectivity index (χ4v) is 3.57. The van der Waals surface area contributed by atoms with E-state index in [1.54, 1.807) is 42.5 Å². The van der Waals surface area contributed by atoms with Crippen molar-refractivity contribution >= 4 is 11.8 Å². The van der Waals surface area contributed by atoms with E-state index in [1.165, 1.54) is 6.42 Å². The number of phenols is 1. The summed E-state index contributed by atoms with van der Waals surface area (Å²) in [7, 11) is 2.11. The summed E-state index contributed by atoms with van der Waals surface area (Å²) in [6.45, 7) is 1.68. The van der Waals surface area contributed by atoms with E-state index in [0.29, 0.717) is 29.3 Å². The quantitative estimate of drug-likeness (QED) is 0.730. The lowest BCUT2D eigenvalue weighted by Gasteiger charge is -2.19. The number of primary amides is 1. The number of aromatic hydroxyl groups is 1. The van der Waals surface area contributed by atoms with Gasteiger partial charge in [-0.25, -0.2) is 0 Å². The summed E-state index contributed by atoms with van der Waals surface area (Å²) in [5.41, 5.74) is 7.13. The number of amides is 2. The molecule has 2 aromatic rings. The zero-order valence-corrected chi connectivity index (χ0v) is 15.4. The van der Waals surface area contributed by atoms with Gasteiger partial charge in [0, 0.05) is 23.7 Å². The highest BCUT2D eigenvalue weighted by atomic mass is 16.3. The summed E-state index contributed by atoms with van der Waals surface area (Å²) in [6, 6.07) is 12.2. The highest BCUT2D eigenvalue weighted by molar-refractivity contribution is 5.99. The second-order valence-corrected chi connectivity index (χ2v) is 6.96. The van der Waals surface area contributed by atoms with Gasteiger partial charge in [-0.2, -0.15) is 0 Å². The lowest BCUT2D eigenvalue weighted by Crippen LogP contribution is -2.31. The third-order valence-electron chi connectivity index (χ3n) is 5.20. The van der Waals surface area contributed by atoms with Crippen LogP contribution < -0.4 is 11.1 Å². The first-order chi connectivity index (χ1) is 13.0. The fourth-order valence-electron chi connectivity index (χ4n) is 3.57. The van der Waals surface area contributed by atoms with Gasteiger partial charge in [0.1, 0.15) is 5.75 Å². The molecular formula is C21H25N3O3. The minimum atomic E-state index is -0.508. The van der Waals surface area contributed by atoms with Crippen LogP contribution in [0, 0.1) is 0 Å². The Hall–Kier alpha value is -2.86. The molecule has 3 rings (SSSR count). The lowest BCUT2D eigenvalue weighted by molar-refractivity contribution is 0.0946. The minimum Gasteiger partial charge on any atom is -0.506 e. The van der Waals surface area contributed by atoms with Gasteiger partial charge in [-0.15, -0.1) is 0 Å². The number of nitrogens with zero attached hydrogens (tertiary/aromatic N) is 1. The zero-order valence-electron chi connectivity index (χ0n) is 15.4. The normalized spacial score (nSPS) is 17.0. The Morgan fingerprint density at radius 1 is 1.22 bits per heavy atom. The van der Waals surface area contributed by atoms with Crippen LogP contribution in [0.4, 0.5) is 0 Å². The van der Waals surface area contributed by atoms with E-state index in [-0.39, 0.29) is 17.2 Å². The molecule has 0 radical (unpaired) electrons. The molecular weight excluding hydrogens is 342 g/mol. The summed E-state index contributed by atoms with van der Waals surface area (Å²) in [5.74, 6) is -0.865. The van der Waals surface area contributed by atoms with Crippen LogP contribution in [0.25, 0.3) is 11.1 Å². The van der Waals surface area contributed by atoms with Crippen molar-refractivity contribution in [1.29, 1.82) is 0 Å². The Morgan fingerprint density at radius 3 is 2.59 bits per heavy atom. The number of hydrogen-bond donors (Lipinski definition) is 3. The lowest BCUT2D eigenvalue weighted by atomic mass is 9.99. The monoisotopic (exact) mass is 367 g/mol. The molecule has 142 valence electrons. The SMILES string of the molecule is CN1CCCC1CCNC(=O)c1cccc(-c2ccc(C(N)=O)cc2)c1O. The Kier molecular flexibility index (Phi) is 5.76. The zero-order chi connectivity index (χ0) is 19.4. The van der Waals surface area contributed by atoms with Crippen molar-refractivity contribution in [3.8, 4) is 16.9 Å². The van der Waals surface area contributed by atoms with E-state index in [2.05, 4.69) is 17.3 Å². The van der Waals surface area contributed by atoms with E-state index >= 15 is 0 Å². The maximum Gasteiger partial charge on any atom is 0.255 e. The largest absolute Gasteiger partial charge is 0.506 e. The molecule has 2 aromatic carbocycles. The molecule has 4 N–H and O–H groups in total. The number of para-hydroxylation sites is 1. The van der Waals surface area contributed by atoms with Crippen LogP contribution in [-0.2, 0) is 0 Å². The van der Waals surface area contributed by atoms with Crippen molar-refractivity contribution in [3.63, 3.8) is 0 Å². The summed E-state index contributed by atoms with van der Waals surface area (Å²) >= 11 is 0. The Balaban J connectivity index is 1.70. The molecule has 1 saturated heterocycles. The van der Waals surface area contributed by atoms with Crippen LogP contribution in [0.15, 0.2) is 42.5 Å². The van der Waals surface area contributed by atoms with E-state index in [1.807, 2.05) is 0 Å². The number of hydrogen-bond acceptors (Lipinski definition) is 4. The molecule has 6 heteroatoms. The molecule has 1 fully saturated rings. The maximum atomic E-state index is 12.5. The Bertz CT molecular complexity index is 833. The Morgan fingerprint density at radius 2 is 1.96 bits per heavy atom. The second kappa shape index (κ2) is 8.22. The molecule has 0 aromatic heterocycles. The molecule has 6 nitrogen and oxygen atoms in total. The van der Waals surface area contributed by atoms with Crippen molar-refractivity contribution in [2.45, 2.75) is 25.3 Å². The van der Waals surface area contributed by atoms with Gasteiger partial charge in [-0.05, 0) is 56.6 Å². The van der Waals surface area contributed by atoms with Crippen molar-refractivity contribution in [1.82, 2.24) is 10.2 Å². The first-order valence-electron chi connectivity index (χ1n) is 9.18. The van der Waals surface area contributed by atoms with Crippen LogP contribution in [0.2, 0.25) is 0 Å². The molecule has 1 heterocycles. The molecule has 1 aliphatic rings. The molecule has 0 aliphatic carbocycles. The van der Waals surface area contributed by atoms with Crippen LogP contribution in [0.5, 0.6) is 5.75 Å². The number of nitrogens with two attached hydrogens (primary N) is 1. The summed E-state index contributed by atoms with van der Waals surface area (Å²) in [6.07, 6.45) is 3.26. The van der Waals surface area contributed by atoms with Gasteiger partial charge in [0.2, 0.25) is 5.91 Å². The fraction of sp³-hybridized carbons (Fsp3) is 0.333. The predicted molar refractivity (Wildman–Crippen MR) is 105 cm³/mol. The molecule has 1 atom stereocenters. The first kappa shape index (κ1) is 18.9. The van der Waals surface area contributed by atoms with Crippen LogP contribution in [-0.4, -0.2) is 48.0 Å². The molecule has 2 amide bonds. The van der Waals surface area contributed by atoms with Gasteiger partial charge >= 0.3 is 0 Å². The minimum absolute atomic E-state index is 0.0696. The average molecular weight is 367 g/mol. The van der Waals surface area contributed by atoms with Gasteiger partial charge in [0.15, 0.2) is 0 Å². The highest BCUT2D eigenvalue weighted by Gasteiger charge is 2.21. The molecule has 27 heavy (non-hydrogen) atoms. The van der Waals surface area contributed by atoms with Crippen molar-refractivity contribution in [2.24, 2.45) is 5.73 Å². The van der Waals surface area contributed by atoms with Gasteiger partial charge < -0.3 is 21.1 Å². The summed E-state index contributed by atoms with van der Waals surface area (Å²) in [4.78, 5) is 26.0. The number of carbonyl (C=O) groups excluding carboxylic acids is 2. The van der Waals surface area contributed by atoms with E-state index in [0.717, 1.165) is 19.4 Å². The van der Waals surface area contributed by atoms with Gasteiger partial charge in [-0.3, -0.25) is 9.59 Å². The third kappa shape index (κ3) is 4.28. The van der Waals surface area contributed by atoms with E-state index in [4.69, 9.17) is 5.73 Å². The first-order valence-corrected chi connectivity index (χ1v) is 9.18. The summed E-state index contributed by atoms with van der Waals surface area (Å²) in [5, 5.41) is 13.5. The smallest absolute Gasteiger partial charge is 0.255 e. The van der Waals surface area contributed by atoms with Gasteiger partial charge in [-0.1, -0.05) is 24.3 Å². The molecule has 1 unspecified atom stereocenters. The second-order valence-electron chi connectivity index (χ2n) is 6.96. The van der Waals surface area contributed by atoms with Gasteiger partial charge in [0.05, 0.1) is 5.56 Å². The van der Waals surface area contributed by atoms with Crippen LogP contribution >= 0.6 is 0 Å². The van der Waals surface area contributed by atoms with Crippen LogP contribution in [0.1, 0.15) is 40.0 Å². The average Bonchev–Trinajstić information content (AvgIpc) is 3.07. The topological polar surface area (TPSA) is 95.7 Å². The van der Waals surface area contributed by atoms with Crippen LogP contribution in [0.3, 0.4) is 0 Å². The predicted octanol–water partition coefficient (Wildman–Crippen LogP) is 2.37. The third-order valence-corrected chi connectivity index (χ3v) is 5.20. The van der Waals surface area contributed by atoms with Crippen molar-refractivity contribution in [2.75, 3.05) is 20.1 Å². The molecule has 1 aliphatic heterocycles. The van der Waals surface area contributed by atoms with Gasteiger partial charge in [0.25, 0.3) is 5.91 Å². The molecule has 0 bridgehead atoms. The summed E-state index contributed by atoms with van der Waals surface area (Å²) < 4.78 is 0. The van der Waals surface area contributed by atoms with Crippen molar-refractivity contribution in [3.05, 3.63) is 53.6 Å². The number of phenolic OH excluding ortho intramolecular Hbond substituents is 1. The van der Waals surface area contributed by atoms with Crippen molar-refractivity contribution < 1.29 is 14.7 Å².